The summed E-state index contributed by atoms with van der Waals surface area (Å²) in [6, 6.07) is 11.3. The number of aryl methyl sites for hydroxylation is 1. The maximum atomic E-state index is 8.89. The first-order valence-electron chi connectivity index (χ1n) is 6.05. The van der Waals surface area contributed by atoms with E-state index in [1.807, 2.05) is 44.2 Å². The summed E-state index contributed by atoms with van der Waals surface area (Å²) in [7, 11) is 0. The SMILES string of the molecule is Cc1cccc(Oc2cccc(Br)c2/C(N)=N/O)c1C. The van der Waals surface area contributed by atoms with Gasteiger partial charge in [-0.2, -0.15) is 0 Å². The average Bonchev–Trinajstić information content (AvgIpc) is 2.43. The van der Waals surface area contributed by atoms with Crippen molar-refractivity contribution < 1.29 is 9.94 Å². The van der Waals surface area contributed by atoms with Gasteiger partial charge in [-0.3, -0.25) is 0 Å². The highest BCUT2D eigenvalue weighted by Gasteiger charge is 2.14. The van der Waals surface area contributed by atoms with E-state index in [-0.39, 0.29) is 5.84 Å². The highest BCUT2D eigenvalue weighted by atomic mass is 79.9. The fourth-order valence-electron chi connectivity index (χ4n) is 1.84. The molecule has 0 aliphatic rings. The van der Waals surface area contributed by atoms with E-state index >= 15 is 0 Å². The van der Waals surface area contributed by atoms with Crippen molar-refractivity contribution in [2.75, 3.05) is 0 Å². The summed E-state index contributed by atoms with van der Waals surface area (Å²) >= 11 is 3.38. The van der Waals surface area contributed by atoms with E-state index in [1.165, 1.54) is 0 Å². The molecule has 5 heteroatoms. The molecule has 0 aliphatic heterocycles. The second-order valence-corrected chi connectivity index (χ2v) is 5.25. The summed E-state index contributed by atoms with van der Waals surface area (Å²) in [5, 5.41) is 11.9. The number of ether oxygens (including phenoxy) is 1. The summed E-state index contributed by atoms with van der Waals surface area (Å²) in [6.45, 7) is 4.01. The number of oxime groups is 1. The smallest absolute Gasteiger partial charge is 0.175 e. The third-order valence-corrected chi connectivity index (χ3v) is 3.77. The summed E-state index contributed by atoms with van der Waals surface area (Å²) in [6.07, 6.45) is 0. The normalized spacial score (nSPS) is 11.4. The molecule has 0 unspecified atom stereocenters. The molecule has 0 aliphatic carbocycles. The average molecular weight is 335 g/mol. The number of hydrogen-bond acceptors (Lipinski definition) is 3. The zero-order valence-corrected chi connectivity index (χ0v) is 12.8. The Morgan fingerprint density at radius 2 is 1.80 bits per heavy atom. The molecule has 4 nitrogen and oxygen atoms in total. The number of benzene rings is 2. The lowest BCUT2D eigenvalue weighted by Crippen LogP contribution is -2.15. The van der Waals surface area contributed by atoms with Crippen LogP contribution in [0, 0.1) is 13.8 Å². The van der Waals surface area contributed by atoms with Gasteiger partial charge in [-0.15, -0.1) is 0 Å². The van der Waals surface area contributed by atoms with Gasteiger partial charge in [-0.1, -0.05) is 23.4 Å². The third kappa shape index (κ3) is 2.77. The van der Waals surface area contributed by atoms with Crippen LogP contribution in [-0.4, -0.2) is 11.0 Å². The Hall–Kier alpha value is -2.01. The lowest BCUT2D eigenvalue weighted by molar-refractivity contribution is 0.318. The van der Waals surface area contributed by atoms with E-state index in [1.54, 1.807) is 6.07 Å². The van der Waals surface area contributed by atoms with Crippen molar-refractivity contribution >= 4 is 21.8 Å². The Labute approximate surface area is 126 Å². The number of halogens is 1. The zero-order valence-electron chi connectivity index (χ0n) is 11.2. The number of nitrogens with zero attached hydrogens (tertiary/aromatic N) is 1. The Bertz CT molecular complexity index is 669. The van der Waals surface area contributed by atoms with E-state index in [0.29, 0.717) is 15.8 Å². The largest absolute Gasteiger partial charge is 0.456 e. The molecule has 2 aromatic rings. The minimum Gasteiger partial charge on any atom is -0.456 e. The van der Waals surface area contributed by atoms with Gasteiger partial charge in [0, 0.05) is 4.47 Å². The van der Waals surface area contributed by atoms with Gasteiger partial charge in [-0.05, 0) is 59.1 Å². The Morgan fingerprint density at radius 3 is 2.50 bits per heavy atom. The molecule has 0 saturated heterocycles. The minimum absolute atomic E-state index is 0.00205. The van der Waals surface area contributed by atoms with E-state index in [4.69, 9.17) is 15.7 Å². The number of amidine groups is 1. The topological polar surface area (TPSA) is 67.8 Å². The van der Waals surface area contributed by atoms with Crippen molar-refractivity contribution in [1.29, 1.82) is 0 Å². The fourth-order valence-corrected chi connectivity index (χ4v) is 2.39. The first kappa shape index (κ1) is 14.4. The molecule has 104 valence electrons. The van der Waals surface area contributed by atoms with E-state index in [2.05, 4.69) is 21.1 Å². The first-order chi connectivity index (χ1) is 9.54. The van der Waals surface area contributed by atoms with Gasteiger partial charge in [0.2, 0.25) is 0 Å². The van der Waals surface area contributed by atoms with Crippen LogP contribution in [0.1, 0.15) is 16.7 Å². The second kappa shape index (κ2) is 5.96. The van der Waals surface area contributed by atoms with Crippen molar-refractivity contribution in [2.24, 2.45) is 10.9 Å². The molecule has 0 spiro atoms. The molecule has 0 bridgehead atoms. The number of nitrogens with two attached hydrogens (primary N) is 1. The van der Waals surface area contributed by atoms with Crippen molar-refractivity contribution in [3.63, 3.8) is 0 Å². The molecule has 2 aromatic carbocycles. The lowest BCUT2D eigenvalue weighted by atomic mass is 10.1. The molecule has 3 N–H and O–H groups in total. The van der Waals surface area contributed by atoms with E-state index in [9.17, 15) is 0 Å². The van der Waals surface area contributed by atoms with Gasteiger partial charge < -0.3 is 15.7 Å². The van der Waals surface area contributed by atoms with Crippen LogP contribution < -0.4 is 10.5 Å². The van der Waals surface area contributed by atoms with Gasteiger partial charge in [0.15, 0.2) is 5.84 Å². The van der Waals surface area contributed by atoms with Crippen LogP contribution in [0.3, 0.4) is 0 Å². The monoisotopic (exact) mass is 334 g/mol. The van der Waals surface area contributed by atoms with Crippen LogP contribution >= 0.6 is 15.9 Å². The Balaban J connectivity index is 2.49. The maximum absolute atomic E-state index is 8.89. The van der Waals surface area contributed by atoms with Crippen LogP contribution in [0.2, 0.25) is 0 Å². The number of rotatable bonds is 3. The molecule has 20 heavy (non-hydrogen) atoms. The summed E-state index contributed by atoms with van der Waals surface area (Å²) in [5.41, 5.74) is 8.43. The Kier molecular flexibility index (Phi) is 4.29. The highest BCUT2D eigenvalue weighted by molar-refractivity contribution is 9.10. The molecule has 0 saturated carbocycles. The minimum atomic E-state index is -0.00205. The van der Waals surface area contributed by atoms with E-state index in [0.717, 1.165) is 16.9 Å². The maximum Gasteiger partial charge on any atom is 0.175 e. The molecule has 0 aromatic heterocycles. The van der Waals surface area contributed by atoms with Crippen molar-refractivity contribution in [3.05, 3.63) is 57.6 Å². The summed E-state index contributed by atoms with van der Waals surface area (Å²) < 4.78 is 6.63. The lowest BCUT2D eigenvalue weighted by Gasteiger charge is -2.14. The van der Waals surface area contributed by atoms with Crippen molar-refractivity contribution in [3.8, 4) is 11.5 Å². The molecular weight excluding hydrogens is 320 g/mol. The molecule has 2 rings (SSSR count). The van der Waals surface area contributed by atoms with Crippen LogP contribution in [0.5, 0.6) is 11.5 Å². The predicted molar refractivity (Wildman–Crippen MR) is 82.6 cm³/mol. The first-order valence-corrected chi connectivity index (χ1v) is 6.84. The molecule has 0 radical (unpaired) electrons. The van der Waals surface area contributed by atoms with Crippen LogP contribution in [0.15, 0.2) is 46.0 Å². The highest BCUT2D eigenvalue weighted by Crippen LogP contribution is 2.32. The zero-order chi connectivity index (χ0) is 14.7. The van der Waals surface area contributed by atoms with E-state index < -0.39 is 0 Å². The molecule has 0 amide bonds. The Morgan fingerprint density at radius 1 is 1.15 bits per heavy atom. The van der Waals surface area contributed by atoms with Crippen LogP contribution in [0.25, 0.3) is 0 Å². The van der Waals surface area contributed by atoms with Gasteiger partial charge >= 0.3 is 0 Å². The molecule has 0 fully saturated rings. The van der Waals surface area contributed by atoms with Gasteiger partial charge in [0.25, 0.3) is 0 Å². The standard InChI is InChI=1S/C15H15BrN2O2/c1-9-5-3-7-12(10(9)2)20-13-8-4-6-11(16)14(13)15(17)18-19/h3-8,19H,1-2H3,(H2,17,18). The number of hydrogen-bond donors (Lipinski definition) is 2. The quantitative estimate of drug-likeness (QED) is 0.386. The van der Waals surface area contributed by atoms with Gasteiger partial charge in [-0.25, -0.2) is 0 Å². The van der Waals surface area contributed by atoms with Crippen LogP contribution in [0.4, 0.5) is 0 Å². The summed E-state index contributed by atoms with van der Waals surface area (Å²) in [5.74, 6) is 1.27. The van der Waals surface area contributed by atoms with Gasteiger partial charge in [0.05, 0.1) is 5.56 Å². The van der Waals surface area contributed by atoms with Gasteiger partial charge in [0.1, 0.15) is 11.5 Å². The molecular formula is C15H15BrN2O2. The predicted octanol–water partition coefficient (Wildman–Crippen LogP) is 3.95. The second-order valence-electron chi connectivity index (χ2n) is 4.40. The van der Waals surface area contributed by atoms with Crippen molar-refractivity contribution in [2.45, 2.75) is 13.8 Å². The van der Waals surface area contributed by atoms with Crippen molar-refractivity contribution in [1.82, 2.24) is 0 Å². The molecule has 0 atom stereocenters. The summed E-state index contributed by atoms with van der Waals surface area (Å²) in [4.78, 5) is 0. The van der Waals surface area contributed by atoms with Crippen LogP contribution in [-0.2, 0) is 0 Å². The molecule has 0 heterocycles. The third-order valence-electron chi connectivity index (χ3n) is 3.11. The fraction of sp³-hybridized carbons (Fsp3) is 0.133.